The average molecular weight is 374 g/mol. The van der Waals surface area contributed by atoms with Crippen molar-refractivity contribution in [3.63, 3.8) is 0 Å². The van der Waals surface area contributed by atoms with E-state index in [0.29, 0.717) is 29.5 Å². The van der Waals surface area contributed by atoms with Gasteiger partial charge < -0.3 is 14.8 Å². The second-order valence-electron chi connectivity index (χ2n) is 6.07. The van der Waals surface area contributed by atoms with E-state index in [4.69, 9.17) is 21.1 Å². The van der Waals surface area contributed by atoms with E-state index >= 15 is 0 Å². The number of nitrogens with one attached hydrogen (secondary N) is 1. The number of ether oxygens (including phenoxy) is 2. The first-order valence-electron chi connectivity index (χ1n) is 8.56. The monoisotopic (exact) mass is 373 g/mol. The Morgan fingerprint density at radius 2 is 1.81 bits per heavy atom. The van der Waals surface area contributed by atoms with Crippen molar-refractivity contribution in [2.24, 2.45) is 0 Å². The van der Waals surface area contributed by atoms with E-state index in [1.54, 1.807) is 30.3 Å². The van der Waals surface area contributed by atoms with Crippen molar-refractivity contribution in [3.8, 4) is 5.75 Å². The summed E-state index contributed by atoms with van der Waals surface area (Å²) in [6, 6.07) is 12.5. The molecule has 1 aliphatic carbocycles. The summed E-state index contributed by atoms with van der Waals surface area (Å²) >= 11 is 5.79. The van der Waals surface area contributed by atoms with Crippen molar-refractivity contribution in [2.45, 2.75) is 19.3 Å². The normalized spacial score (nSPS) is 12.3. The molecule has 2 aromatic rings. The smallest absolute Gasteiger partial charge is 0.338 e. The largest absolute Gasteiger partial charge is 0.492 e. The van der Waals surface area contributed by atoms with Crippen LogP contribution in [-0.4, -0.2) is 31.6 Å². The average Bonchev–Trinajstić information content (AvgIpc) is 3.12. The minimum atomic E-state index is -0.479. The molecule has 0 aliphatic heterocycles. The number of carbonyl (C=O) groups is 2. The third-order valence-electron chi connectivity index (χ3n) is 4.18. The standard InChI is InChI=1S/C20H20ClNO4/c21-17-6-8-18(9-7-17)25-11-10-22-19(23)13-26-20(24)16-5-4-14-2-1-3-15(14)12-16/h4-9,12H,1-3,10-11,13H2,(H,22,23). The fraction of sp³-hybridized carbons (Fsp3) is 0.300. The van der Waals surface area contributed by atoms with E-state index in [9.17, 15) is 9.59 Å². The lowest BCUT2D eigenvalue weighted by Gasteiger charge is -2.09. The van der Waals surface area contributed by atoms with E-state index < -0.39 is 5.97 Å². The number of esters is 1. The highest BCUT2D eigenvalue weighted by molar-refractivity contribution is 6.30. The Morgan fingerprint density at radius 3 is 2.62 bits per heavy atom. The number of fused-ring (bicyclic) bond motifs is 1. The van der Waals surface area contributed by atoms with Gasteiger partial charge in [-0.3, -0.25) is 4.79 Å². The molecule has 1 N–H and O–H groups in total. The summed E-state index contributed by atoms with van der Waals surface area (Å²) in [5, 5.41) is 3.28. The molecule has 0 heterocycles. The van der Waals surface area contributed by atoms with Gasteiger partial charge in [-0.25, -0.2) is 4.79 Å². The minimum absolute atomic E-state index is 0.309. The van der Waals surface area contributed by atoms with E-state index in [1.165, 1.54) is 11.1 Å². The number of rotatable bonds is 7. The van der Waals surface area contributed by atoms with Crippen LogP contribution in [0.3, 0.4) is 0 Å². The summed E-state index contributed by atoms with van der Waals surface area (Å²) < 4.78 is 10.5. The first-order chi connectivity index (χ1) is 12.6. The molecule has 0 fully saturated rings. The van der Waals surface area contributed by atoms with Crippen molar-refractivity contribution in [2.75, 3.05) is 19.8 Å². The maximum atomic E-state index is 12.1. The van der Waals surface area contributed by atoms with Crippen LogP contribution in [-0.2, 0) is 22.4 Å². The van der Waals surface area contributed by atoms with Gasteiger partial charge in [-0.05, 0) is 66.8 Å². The molecule has 3 rings (SSSR count). The van der Waals surface area contributed by atoms with Crippen LogP contribution in [0.2, 0.25) is 5.02 Å². The Kier molecular flexibility index (Phi) is 6.12. The van der Waals surface area contributed by atoms with Gasteiger partial charge in [-0.2, -0.15) is 0 Å². The number of benzene rings is 2. The van der Waals surface area contributed by atoms with Gasteiger partial charge in [0, 0.05) is 5.02 Å². The molecule has 0 saturated carbocycles. The third kappa shape index (κ3) is 4.99. The van der Waals surface area contributed by atoms with Crippen LogP contribution in [0.15, 0.2) is 42.5 Å². The Hall–Kier alpha value is -2.53. The van der Waals surface area contributed by atoms with Gasteiger partial charge in [0.05, 0.1) is 12.1 Å². The quantitative estimate of drug-likeness (QED) is 0.598. The molecule has 26 heavy (non-hydrogen) atoms. The molecule has 0 atom stereocenters. The molecule has 0 spiro atoms. The molecule has 5 nitrogen and oxygen atoms in total. The lowest BCUT2D eigenvalue weighted by molar-refractivity contribution is -0.124. The summed E-state index contributed by atoms with van der Waals surface area (Å²) in [4.78, 5) is 23.8. The van der Waals surface area contributed by atoms with E-state index in [-0.39, 0.29) is 12.5 Å². The van der Waals surface area contributed by atoms with E-state index in [1.807, 2.05) is 12.1 Å². The lowest BCUT2D eigenvalue weighted by atomic mass is 10.1. The number of carbonyl (C=O) groups excluding carboxylic acids is 2. The number of hydrogen-bond acceptors (Lipinski definition) is 4. The number of halogens is 1. The Bertz CT molecular complexity index is 789. The zero-order valence-corrected chi connectivity index (χ0v) is 15.1. The summed E-state index contributed by atoms with van der Waals surface area (Å²) in [6.07, 6.45) is 3.17. The molecule has 2 aromatic carbocycles. The van der Waals surface area contributed by atoms with Crippen LogP contribution in [0.5, 0.6) is 5.75 Å². The van der Waals surface area contributed by atoms with Gasteiger partial charge in [0.15, 0.2) is 6.61 Å². The highest BCUT2D eigenvalue weighted by atomic mass is 35.5. The molecule has 0 saturated heterocycles. The molecule has 136 valence electrons. The van der Waals surface area contributed by atoms with Gasteiger partial charge in [-0.1, -0.05) is 17.7 Å². The first-order valence-corrected chi connectivity index (χ1v) is 8.93. The lowest BCUT2D eigenvalue weighted by Crippen LogP contribution is -2.32. The number of aryl methyl sites for hydroxylation is 2. The van der Waals surface area contributed by atoms with Crippen LogP contribution in [0.1, 0.15) is 27.9 Å². The third-order valence-corrected chi connectivity index (χ3v) is 4.43. The van der Waals surface area contributed by atoms with Crippen LogP contribution < -0.4 is 10.1 Å². The summed E-state index contributed by atoms with van der Waals surface area (Å²) in [5.74, 6) is -0.168. The SMILES string of the molecule is O=C(COC(=O)c1ccc2c(c1)CCC2)NCCOc1ccc(Cl)cc1. The Morgan fingerprint density at radius 1 is 1.04 bits per heavy atom. The molecule has 0 aromatic heterocycles. The Labute approximate surface area is 157 Å². The van der Waals surface area contributed by atoms with Crippen LogP contribution in [0, 0.1) is 0 Å². The van der Waals surface area contributed by atoms with Gasteiger partial charge in [0.25, 0.3) is 5.91 Å². The van der Waals surface area contributed by atoms with Crippen molar-refractivity contribution < 1.29 is 19.1 Å². The van der Waals surface area contributed by atoms with Gasteiger partial charge in [-0.15, -0.1) is 0 Å². The minimum Gasteiger partial charge on any atom is -0.492 e. The highest BCUT2D eigenvalue weighted by Crippen LogP contribution is 2.23. The van der Waals surface area contributed by atoms with Gasteiger partial charge >= 0.3 is 5.97 Å². The zero-order valence-electron chi connectivity index (χ0n) is 14.3. The number of amides is 1. The predicted molar refractivity (Wildman–Crippen MR) is 98.7 cm³/mol. The first kappa shape index (κ1) is 18.3. The van der Waals surface area contributed by atoms with Gasteiger partial charge in [0.1, 0.15) is 12.4 Å². The second-order valence-corrected chi connectivity index (χ2v) is 6.50. The van der Waals surface area contributed by atoms with E-state index in [0.717, 1.165) is 19.3 Å². The van der Waals surface area contributed by atoms with Crippen LogP contribution >= 0.6 is 11.6 Å². The molecule has 1 amide bonds. The summed E-state index contributed by atoms with van der Waals surface area (Å²) in [5.41, 5.74) is 2.98. The molecule has 1 aliphatic rings. The molecule has 0 radical (unpaired) electrons. The van der Waals surface area contributed by atoms with Crippen LogP contribution in [0.4, 0.5) is 0 Å². The molecule has 6 heteroatoms. The van der Waals surface area contributed by atoms with Crippen molar-refractivity contribution in [3.05, 3.63) is 64.2 Å². The highest BCUT2D eigenvalue weighted by Gasteiger charge is 2.15. The molecular formula is C20H20ClNO4. The zero-order chi connectivity index (χ0) is 18.4. The second kappa shape index (κ2) is 8.72. The van der Waals surface area contributed by atoms with E-state index in [2.05, 4.69) is 5.32 Å². The summed E-state index contributed by atoms with van der Waals surface area (Å²) in [6.45, 7) is 0.320. The van der Waals surface area contributed by atoms with Crippen LogP contribution in [0.25, 0.3) is 0 Å². The summed E-state index contributed by atoms with van der Waals surface area (Å²) in [7, 11) is 0. The molecular weight excluding hydrogens is 354 g/mol. The van der Waals surface area contributed by atoms with Crippen molar-refractivity contribution >= 4 is 23.5 Å². The predicted octanol–water partition coefficient (Wildman–Crippen LogP) is 3.18. The Balaban J connectivity index is 1.36. The number of hydrogen-bond donors (Lipinski definition) is 1. The topological polar surface area (TPSA) is 64.6 Å². The fourth-order valence-electron chi connectivity index (χ4n) is 2.85. The van der Waals surface area contributed by atoms with Gasteiger partial charge in [0.2, 0.25) is 0 Å². The molecule has 0 unspecified atom stereocenters. The van der Waals surface area contributed by atoms with Crippen molar-refractivity contribution in [1.82, 2.24) is 5.32 Å². The molecule has 0 bridgehead atoms. The fourth-order valence-corrected chi connectivity index (χ4v) is 2.98. The maximum absolute atomic E-state index is 12.1. The maximum Gasteiger partial charge on any atom is 0.338 e. The van der Waals surface area contributed by atoms with Crippen molar-refractivity contribution in [1.29, 1.82) is 0 Å².